The highest BCUT2D eigenvalue weighted by molar-refractivity contribution is 7.09. The van der Waals surface area contributed by atoms with Crippen molar-refractivity contribution in [3.8, 4) is 0 Å². The van der Waals surface area contributed by atoms with E-state index in [1.165, 1.54) is 4.88 Å². The molecule has 0 aliphatic heterocycles. The summed E-state index contributed by atoms with van der Waals surface area (Å²) in [5.41, 5.74) is 5.08. The van der Waals surface area contributed by atoms with Crippen molar-refractivity contribution in [2.75, 3.05) is 6.54 Å². The van der Waals surface area contributed by atoms with Gasteiger partial charge < -0.3 is 11.1 Å². The molecule has 0 bridgehead atoms. The van der Waals surface area contributed by atoms with Crippen LogP contribution in [0.25, 0.3) is 0 Å². The molecule has 0 radical (unpaired) electrons. The number of hydrogen-bond donors (Lipinski definition) is 2. The fourth-order valence-corrected chi connectivity index (χ4v) is 2.09. The molecule has 0 unspecified atom stereocenters. The molecule has 4 heteroatoms. The van der Waals surface area contributed by atoms with Gasteiger partial charge in [0, 0.05) is 10.4 Å². The number of nitrogens with one attached hydrogen (secondary N) is 1. The summed E-state index contributed by atoms with van der Waals surface area (Å²) in [4.78, 5) is 12.5. The van der Waals surface area contributed by atoms with Crippen molar-refractivity contribution in [3.05, 3.63) is 22.4 Å². The van der Waals surface area contributed by atoms with Crippen LogP contribution in [0.3, 0.4) is 0 Å². The highest BCUT2D eigenvalue weighted by Crippen LogP contribution is 2.16. The Balaban J connectivity index is 2.39. The molecule has 0 aliphatic rings. The molecule has 1 amide bonds. The predicted molar refractivity (Wildman–Crippen MR) is 63.9 cm³/mol. The van der Waals surface area contributed by atoms with Crippen LogP contribution in [0.4, 0.5) is 0 Å². The second kappa shape index (κ2) is 5.28. The van der Waals surface area contributed by atoms with Gasteiger partial charge in [0.2, 0.25) is 5.91 Å². The van der Waals surface area contributed by atoms with Gasteiger partial charge in [0.15, 0.2) is 0 Å². The molecule has 0 saturated carbocycles. The lowest BCUT2D eigenvalue weighted by Gasteiger charge is -2.25. The van der Waals surface area contributed by atoms with Gasteiger partial charge in [-0.3, -0.25) is 4.79 Å². The molecule has 1 aromatic heterocycles. The van der Waals surface area contributed by atoms with E-state index in [-0.39, 0.29) is 18.0 Å². The van der Waals surface area contributed by atoms with Crippen molar-refractivity contribution in [2.45, 2.75) is 32.2 Å². The van der Waals surface area contributed by atoms with Crippen molar-refractivity contribution in [3.63, 3.8) is 0 Å². The first kappa shape index (κ1) is 12.2. The van der Waals surface area contributed by atoms with E-state index in [1.54, 1.807) is 11.3 Å². The maximum Gasteiger partial charge on any atom is 0.234 e. The largest absolute Gasteiger partial charge is 0.350 e. The molecule has 3 nitrogen and oxygen atoms in total. The Morgan fingerprint density at radius 3 is 2.87 bits per heavy atom. The number of rotatable bonds is 5. The Bertz CT molecular complexity index is 306. The number of carbonyl (C=O) groups excluding carboxylic acids is 1. The first-order valence-electron chi connectivity index (χ1n) is 5.07. The molecule has 0 spiro atoms. The zero-order valence-corrected chi connectivity index (χ0v) is 10.1. The van der Waals surface area contributed by atoms with Crippen LogP contribution in [0, 0.1) is 0 Å². The Morgan fingerprint density at radius 1 is 1.60 bits per heavy atom. The molecular weight excluding hydrogens is 208 g/mol. The van der Waals surface area contributed by atoms with Crippen molar-refractivity contribution in [1.29, 1.82) is 0 Å². The Kier molecular flexibility index (Phi) is 4.29. The van der Waals surface area contributed by atoms with Crippen LogP contribution < -0.4 is 11.1 Å². The van der Waals surface area contributed by atoms with E-state index in [9.17, 15) is 4.79 Å². The van der Waals surface area contributed by atoms with Gasteiger partial charge in [-0.1, -0.05) is 6.07 Å². The molecular formula is C11H18N2OS. The standard InChI is InChI=1S/C11H18N2OS/c1-11(2,13-10(14)8-12)6-5-9-4-3-7-15-9/h3-4,7H,5-6,8,12H2,1-2H3,(H,13,14). The minimum Gasteiger partial charge on any atom is -0.350 e. The van der Waals surface area contributed by atoms with E-state index < -0.39 is 0 Å². The van der Waals surface area contributed by atoms with E-state index >= 15 is 0 Å². The van der Waals surface area contributed by atoms with Crippen LogP contribution in [-0.4, -0.2) is 18.0 Å². The molecule has 1 heterocycles. The van der Waals surface area contributed by atoms with Crippen molar-refractivity contribution < 1.29 is 4.79 Å². The first-order chi connectivity index (χ1) is 7.03. The average Bonchev–Trinajstić information content (AvgIpc) is 2.66. The minimum atomic E-state index is -0.180. The fourth-order valence-electron chi connectivity index (χ4n) is 1.38. The quantitative estimate of drug-likeness (QED) is 0.800. The van der Waals surface area contributed by atoms with Crippen LogP contribution in [0.1, 0.15) is 25.1 Å². The van der Waals surface area contributed by atoms with Crippen LogP contribution in [-0.2, 0) is 11.2 Å². The van der Waals surface area contributed by atoms with Gasteiger partial charge in [0.05, 0.1) is 6.54 Å². The molecule has 84 valence electrons. The third-order valence-corrected chi connectivity index (χ3v) is 3.18. The Hall–Kier alpha value is -0.870. The van der Waals surface area contributed by atoms with E-state index in [1.807, 2.05) is 19.9 Å². The summed E-state index contributed by atoms with van der Waals surface area (Å²) in [5, 5.41) is 4.98. The number of nitrogens with two attached hydrogens (primary N) is 1. The third-order valence-electron chi connectivity index (χ3n) is 2.24. The van der Waals surface area contributed by atoms with Gasteiger partial charge in [0.1, 0.15) is 0 Å². The minimum absolute atomic E-state index is 0.0580. The van der Waals surface area contributed by atoms with Crippen molar-refractivity contribution >= 4 is 17.2 Å². The highest BCUT2D eigenvalue weighted by Gasteiger charge is 2.19. The Labute approximate surface area is 94.7 Å². The number of aryl methyl sites for hydroxylation is 1. The lowest BCUT2D eigenvalue weighted by atomic mass is 9.98. The van der Waals surface area contributed by atoms with E-state index in [0.29, 0.717) is 0 Å². The number of amides is 1. The molecule has 1 aromatic rings. The smallest absolute Gasteiger partial charge is 0.234 e. The second-order valence-electron chi connectivity index (χ2n) is 4.22. The van der Waals surface area contributed by atoms with Crippen LogP contribution in [0.5, 0.6) is 0 Å². The maximum absolute atomic E-state index is 11.2. The number of hydrogen-bond acceptors (Lipinski definition) is 3. The molecule has 0 aromatic carbocycles. The van der Waals surface area contributed by atoms with E-state index in [4.69, 9.17) is 5.73 Å². The summed E-state index contributed by atoms with van der Waals surface area (Å²) in [5.74, 6) is -0.0915. The SMILES string of the molecule is CC(C)(CCc1cccs1)NC(=O)CN. The number of carbonyl (C=O) groups is 1. The van der Waals surface area contributed by atoms with Gasteiger partial charge >= 0.3 is 0 Å². The summed E-state index contributed by atoms with van der Waals surface area (Å²) in [7, 11) is 0. The molecule has 0 fully saturated rings. The molecule has 1 rings (SSSR count). The van der Waals surface area contributed by atoms with Crippen LogP contribution in [0.2, 0.25) is 0 Å². The van der Waals surface area contributed by atoms with Gasteiger partial charge in [-0.25, -0.2) is 0 Å². The molecule has 0 atom stereocenters. The predicted octanol–water partition coefficient (Wildman–Crippen LogP) is 1.53. The number of thiophene rings is 1. The summed E-state index contributed by atoms with van der Waals surface area (Å²) in [6.07, 6.45) is 1.93. The normalized spacial score (nSPS) is 11.4. The van der Waals surface area contributed by atoms with Gasteiger partial charge in [-0.15, -0.1) is 11.3 Å². The lowest BCUT2D eigenvalue weighted by Crippen LogP contribution is -2.46. The van der Waals surface area contributed by atoms with Crippen molar-refractivity contribution in [2.24, 2.45) is 5.73 Å². The third kappa shape index (κ3) is 4.44. The summed E-state index contributed by atoms with van der Waals surface area (Å²) >= 11 is 1.75. The monoisotopic (exact) mass is 226 g/mol. The van der Waals surface area contributed by atoms with Gasteiger partial charge in [-0.05, 0) is 38.1 Å². The summed E-state index contributed by atoms with van der Waals surface area (Å²) in [6, 6.07) is 4.16. The van der Waals surface area contributed by atoms with Crippen LogP contribution in [0.15, 0.2) is 17.5 Å². The first-order valence-corrected chi connectivity index (χ1v) is 5.95. The Morgan fingerprint density at radius 2 is 2.33 bits per heavy atom. The maximum atomic E-state index is 11.2. The molecule has 3 N–H and O–H groups in total. The second-order valence-corrected chi connectivity index (χ2v) is 5.25. The summed E-state index contributed by atoms with van der Waals surface area (Å²) < 4.78 is 0. The van der Waals surface area contributed by atoms with E-state index in [2.05, 4.69) is 16.8 Å². The van der Waals surface area contributed by atoms with Crippen molar-refractivity contribution in [1.82, 2.24) is 5.32 Å². The average molecular weight is 226 g/mol. The fraction of sp³-hybridized carbons (Fsp3) is 0.545. The lowest BCUT2D eigenvalue weighted by molar-refractivity contribution is -0.121. The van der Waals surface area contributed by atoms with E-state index in [0.717, 1.165) is 12.8 Å². The zero-order valence-electron chi connectivity index (χ0n) is 9.25. The zero-order chi connectivity index (χ0) is 11.3. The topological polar surface area (TPSA) is 55.1 Å². The molecule has 15 heavy (non-hydrogen) atoms. The summed E-state index contributed by atoms with van der Waals surface area (Å²) in [6.45, 7) is 4.10. The molecule has 0 aliphatic carbocycles. The highest BCUT2D eigenvalue weighted by atomic mass is 32.1. The van der Waals surface area contributed by atoms with Gasteiger partial charge in [-0.2, -0.15) is 0 Å². The van der Waals surface area contributed by atoms with Crippen LogP contribution >= 0.6 is 11.3 Å². The van der Waals surface area contributed by atoms with Gasteiger partial charge in [0.25, 0.3) is 0 Å². The molecule has 0 saturated heterocycles.